The van der Waals surface area contributed by atoms with Crippen LogP contribution in [0.3, 0.4) is 0 Å². The van der Waals surface area contributed by atoms with Gasteiger partial charge in [-0.3, -0.25) is 9.59 Å². The number of ketones is 1. The van der Waals surface area contributed by atoms with Crippen molar-refractivity contribution >= 4 is 38.9 Å². The second-order valence-electron chi connectivity index (χ2n) is 11.5. The van der Waals surface area contributed by atoms with E-state index >= 15 is 0 Å². The largest absolute Gasteiger partial charge is 0.416 e. The summed E-state index contributed by atoms with van der Waals surface area (Å²) in [5.41, 5.74) is 0.111. The van der Waals surface area contributed by atoms with E-state index in [9.17, 15) is 22.8 Å². The first-order valence-electron chi connectivity index (χ1n) is 13.5. The fourth-order valence-corrected chi connectivity index (χ4v) is 7.04. The predicted molar refractivity (Wildman–Crippen MR) is 150 cm³/mol. The van der Waals surface area contributed by atoms with Crippen LogP contribution in [0.2, 0.25) is 0 Å². The summed E-state index contributed by atoms with van der Waals surface area (Å²) in [6.07, 6.45) is -3.24. The molecule has 0 aliphatic carbocycles. The van der Waals surface area contributed by atoms with E-state index in [-0.39, 0.29) is 23.2 Å². The highest BCUT2D eigenvalue weighted by molar-refractivity contribution is 7.21. The average Bonchev–Trinajstić information content (AvgIpc) is 3.34. The molecule has 1 aromatic carbocycles. The molecule has 0 saturated carbocycles. The Kier molecular flexibility index (Phi) is 7.41. The molecule has 2 aromatic heterocycles. The van der Waals surface area contributed by atoms with Crippen LogP contribution in [0.15, 0.2) is 24.3 Å². The van der Waals surface area contributed by atoms with E-state index in [4.69, 9.17) is 0 Å². The van der Waals surface area contributed by atoms with Crippen LogP contribution in [-0.2, 0) is 11.0 Å². The monoisotopic (exact) mass is 573 g/mol. The summed E-state index contributed by atoms with van der Waals surface area (Å²) in [6, 6.07) is 5.51. The summed E-state index contributed by atoms with van der Waals surface area (Å²) in [6.45, 7) is 9.76. The van der Waals surface area contributed by atoms with E-state index in [0.717, 1.165) is 29.2 Å². The van der Waals surface area contributed by atoms with Crippen molar-refractivity contribution in [3.05, 3.63) is 51.5 Å². The third kappa shape index (κ3) is 5.21. The number of aromatic nitrogens is 2. The van der Waals surface area contributed by atoms with Crippen LogP contribution in [0.25, 0.3) is 10.1 Å². The number of halogens is 3. The molecule has 2 saturated heterocycles. The van der Waals surface area contributed by atoms with Crippen LogP contribution in [0.1, 0.15) is 64.8 Å². The summed E-state index contributed by atoms with van der Waals surface area (Å²) in [5.74, 6) is 0.708. The number of anilines is 1. The molecule has 11 heteroatoms. The minimum Gasteiger partial charge on any atom is -0.362 e. The van der Waals surface area contributed by atoms with Crippen molar-refractivity contribution < 1.29 is 22.8 Å². The third-order valence-corrected chi connectivity index (χ3v) is 9.72. The lowest BCUT2D eigenvalue weighted by Crippen LogP contribution is -2.55. The van der Waals surface area contributed by atoms with Gasteiger partial charge in [-0.1, -0.05) is 19.1 Å². The summed E-state index contributed by atoms with van der Waals surface area (Å²) >= 11 is 1.37. The zero-order chi connectivity index (χ0) is 29.0. The number of hydrogen-bond donors (Lipinski definition) is 1. The quantitative estimate of drug-likeness (QED) is 0.372. The fraction of sp³-hybridized carbons (Fsp3) is 0.517. The molecule has 7 nitrogen and oxygen atoms in total. The normalized spacial score (nSPS) is 18.9. The van der Waals surface area contributed by atoms with E-state index in [1.165, 1.54) is 24.3 Å². The first-order chi connectivity index (χ1) is 18.8. The zero-order valence-electron chi connectivity index (χ0n) is 23.4. The number of thiophene rings is 1. The van der Waals surface area contributed by atoms with Gasteiger partial charge in [0.25, 0.3) is 0 Å². The maximum atomic E-state index is 13.8. The molecule has 1 amide bonds. The lowest BCUT2D eigenvalue weighted by molar-refractivity contribution is -0.142. The topological polar surface area (TPSA) is 78.4 Å². The molecule has 2 aliphatic rings. The minimum atomic E-state index is -4.44. The number of piperidine rings is 1. The summed E-state index contributed by atoms with van der Waals surface area (Å²) in [4.78, 5) is 31.2. The van der Waals surface area contributed by atoms with E-state index in [0.29, 0.717) is 47.9 Å². The second kappa shape index (κ2) is 10.4. The number of amides is 1. The number of fused-ring (bicyclic) bond motifs is 1. The number of Topliss-reactive ketones (excluding diaryl/α,β-unsaturated/α-hetero) is 1. The maximum absolute atomic E-state index is 13.8. The van der Waals surface area contributed by atoms with Gasteiger partial charge in [-0.05, 0) is 63.9 Å². The number of nitrogens with zero attached hydrogens (tertiary/aromatic N) is 4. The number of nitrogens with one attached hydrogen (secondary N) is 1. The van der Waals surface area contributed by atoms with Gasteiger partial charge in [0.05, 0.1) is 32.8 Å². The Morgan fingerprint density at radius 1 is 1.15 bits per heavy atom. The van der Waals surface area contributed by atoms with Gasteiger partial charge in [0, 0.05) is 37.0 Å². The molecule has 1 atom stereocenters. The van der Waals surface area contributed by atoms with Crippen LogP contribution < -0.4 is 5.32 Å². The number of likely N-dealkylation sites (tertiary alicyclic amines) is 2. The lowest BCUT2D eigenvalue weighted by atomic mass is 9.76. The van der Waals surface area contributed by atoms with Crippen molar-refractivity contribution in [1.82, 2.24) is 20.0 Å². The molecule has 5 rings (SSSR count). The summed E-state index contributed by atoms with van der Waals surface area (Å²) in [5, 5.41) is 12.5. The molecule has 4 heterocycles. The number of carbonyl (C=O) groups excluding carboxylic acids is 2. The van der Waals surface area contributed by atoms with Gasteiger partial charge in [-0.2, -0.15) is 18.3 Å². The number of benzene rings is 1. The van der Waals surface area contributed by atoms with Crippen LogP contribution in [0, 0.1) is 25.2 Å². The number of rotatable bonds is 6. The van der Waals surface area contributed by atoms with E-state index in [1.54, 1.807) is 13.0 Å². The van der Waals surface area contributed by atoms with Gasteiger partial charge in [-0.15, -0.1) is 16.4 Å². The Balaban J connectivity index is 1.35. The Hall–Kier alpha value is -3.05. The highest BCUT2D eigenvalue weighted by Crippen LogP contribution is 2.41. The lowest BCUT2D eigenvalue weighted by Gasteiger charge is -2.42. The van der Waals surface area contributed by atoms with Crippen molar-refractivity contribution in [3.63, 3.8) is 0 Å². The Bertz CT molecular complexity index is 1460. The highest BCUT2D eigenvalue weighted by Gasteiger charge is 2.42. The molecule has 3 aromatic rings. The van der Waals surface area contributed by atoms with Crippen molar-refractivity contribution in [2.45, 2.75) is 52.8 Å². The van der Waals surface area contributed by atoms with Gasteiger partial charge in [-0.25, -0.2) is 0 Å². The summed E-state index contributed by atoms with van der Waals surface area (Å²) < 4.78 is 41.2. The van der Waals surface area contributed by atoms with E-state index in [2.05, 4.69) is 20.4 Å². The molecule has 0 radical (unpaired) electrons. The third-order valence-electron chi connectivity index (χ3n) is 8.48. The van der Waals surface area contributed by atoms with Gasteiger partial charge in [0.1, 0.15) is 0 Å². The molecule has 214 valence electrons. The molecule has 2 fully saturated rings. The molecular weight excluding hydrogens is 539 g/mol. The Morgan fingerprint density at radius 3 is 2.45 bits per heavy atom. The Morgan fingerprint density at radius 2 is 1.82 bits per heavy atom. The van der Waals surface area contributed by atoms with Crippen molar-refractivity contribution in [2.24, 2.45) is 11.3 Å². The molecule has 0 bridgehead atoms. The number of carbonyl (C=O) groups is 2. The van der Waals surface area contributed by atoms with Crippen LogP contribution >= 0.6 is 11.3 Å². The second-order valence-corrected chi connectivity index (χ2v) is 12.6. The molecule has 0 spiro atoms. The van der Waals surface area contributed by atoms with Crippen molar-refractivity contribution in [2.75, 3.05) is 38.5 Å². The van der Waals surface area contributed by atoms with Crippen molar-refractivity contribution in [1.29, 1.82) is 0 Å². The number of aryl methyl sites for hydroxylation is 1. The molecular formula is C29H34F3N5O2S. The highest BCUT2D eigenvalue weighted by atomic mass is 32.1. The fourth-order valence-electron chi connectivity index (χ4n) is 5.85. The standard InChI is InChI=1S/C29H34F3N5O2S/c1-16-20(7-6-8-22(16)29(30,31)32)17(2)33-26-21-13-23(40-24(21)18(3)34-35-26)25(38)28(4)9-11-37(12-10-28)27(39)19-14-36(5)15-19/h6-8,13,17,19H,9-12,14-15H2,1-5H3,(H,33,35)/t17-/m1/s1. The number of hydrogen-bond acceptors (Lipinski definition) is 7. The minimum absolute atomic E-state index is 0.0382. The van der Waals surface area contributed by atoms with Crippen LogP contribution in [0.5, 0.6) is 0 Å². The first-order valence-corrected chi connectivity index (χ1v) is 14.3. The van der Waals surface area contributed by atoms with Gasteiger partial charge in [0.15, 0.2) is 11.6 Å². The molecule has 1 N–H and O–H groups in total. The molecule has 2 aliphatic heterocycles. The molecule has 40 heavy (non-hydrogen) atoms. The van der Waals surface area contributed by atoms with E-state index < -0.39 is 23.2 Å². The molecule has 0 unspecified atom stereocenters. The van der Waals surface area contributed by atoms with Gasteiger partial charge in [0.2, 0.25) is 5.91 Å². The average molecular weight is 574 g/mol. The Labute approximate surface area is 235 Å². The van der Waals surface area contributed by atoms with Crippen molar-refractivity contribution in [3.8, 4) is 0 Å². The maximum Gasteiger partial charge on any atom is 0.416 e. The van der Waals surface area contributed by atoms with Crippen LogP contribution in [-0.4, -0.2) is 64.9 Å². The number of alkyl halides is 3. The SMILES string of the molecule is Cc1c([C@@H](C)Nc2nnc(C)c3sc(C(=O)C4(C)CCN(C(=O)C5CN(C)C5)CC4)cc23)cccc1C(F)(F)F. The smallest absolute Gasteiger partial charge is 0.362 e. The van der Waals surface area contributed by atoms with Gasteiger partial charge >= 0.3 is 6.18 Å². The zero-order valence-corrected chi connectivity index (χ0v) is 24.2. The predicted octanol–water partition coefficient (Wildman–Crippen LogP) is 5.87. The summed E-state index contributed by atoms with van der Waals surface area (Å²) in [7, 11) is 2.00. The van der Waals surface area contributed by atoms with Crippen LogP contribution in [0.4, 0.5) is 19.0 Å². The van der Waals surface area contributed by atoms with E-state index in [1.807, 2.05) is 31.9 Å². The first kappa shape index (κ1) is 28.5. The van der Waals surface area contributed by atoms with Gasteiger partial charge < -0.3 is 15.1 Å².